The van der Waals surface area contributed by atoms with Gasteiger partial charge in [-0.15, -0.1) is 0 Å². The number of nitrogens with one attached hydrogen (secondary N) is 1. The van der Waals surface area contributed by atoms with Crippen LogP contribution in [0.25, 0.3) is 0 Å². The van der Waals surface area contributed by atoms with E-state index in [1.807, 2.05) is 0 Å². The van der Waals surface area contributed by atoms with E-state index in [1.54, 1.807) is 7.11 Å². The van der Waals surface area contributed by atoms with E-state index in [1.165, 1.54) is 24.0 Å². The molecule has 2 nitrogen and oxygen atoms in total. The van der Waals surface area contributed by atoms with Gasteiger partial charge in [0.15, 0.2) is 0 Å². The summed E-state index contributed by atoms with van der Waals surface area (Å²) < 4.78 is 0. The third-order valence-corrected chi connectivity index (χ3v) is 2.97. The molecule has 0 spiro atoms. The average Bonchev–Trinajstić information content (AvgIpc) is 2.13. The molecule has 76 valence electrons. The van der Waals surface area contributed by atoms with Crippen molar-refractivity contribution in [3.05, 3.63) is 35.4 Å². The maximum Gasteiger partial charge on any atom is 0.0572 e. The fraction of sp³-hybridized carbons (Fsp3) is 0.500. The molecule has 2 rings (SSSR count). The fourth-order valence-corrected chi connectivity index (χ4v) is 1.99. The lowest BCUT2D eigenvalue weighted by atomic mass is 9.76. The minimum Gasteiger partial charge on any atom is -0.305 e. The first kappa shape index (κ1) is 9.69. The molecule has 14 heavy (non-hydrogen) atoms. The van der Waals surface area contributed by atoms with Gasteiger partial charge < -0.3 is 4.84 Å². The first-order chi connectivity index (χ1) is 6.79. The molecule has 0 aromatic heterocycles. The summed E-state index contributed by atoms with van der Waals surface area (Å²) in [5.74, 6) is 0.725. The van der Waals surface area contributed by atoms with Crippen molar-refractivity contribution >= 4 is 0 Å². The van der Waals surface area contributed by atoms with Crippen molar-refractivity contribution in [2.24, 2.45) is 0 Å². The zero-order valence-electron chi connectivity index (χ0n) is 8.79. The van der Waals surface area contributed by atoms with Gasteiger partial charge in [-0.3, -0.25) is 0 Å². The van der Waals surface area contributed by atoms with Gasteiger partial charge in [0.1, 0.15) is 0 Å². The van der Waals surface area contributed by atoms with Gasteiger partial charge in [-0.25, -0.2) is 0 Å². The SMILES string of the molecule is CONC1CC(c2ccc(C)cc2)C1. The van der Waals surface area contributed by atoms with Crippen LogP contribution in [0.4, 0.5) is 0 Å². The van der Waals surface area contributed by atoms with Crippen LogP contribution in [0.15, 0.2) is 24.3 Å². The number of hydrogen-bond donors (Lipinski definition) is 1. The molecular weight excluding hydrogens is 174 g/mol. The van der Waals surface area contributed by atoms with E-state index in [-0.39, 0.29) is 0 Å². The Hall–Kier alpha value is -0.860. The Morgan fingerprint density at radius 2 is 1.86 bits per heavy atom. The molecular formula is C12H17NO. The molecule has 1 aromatic carbocycles. The molecule has 1 aliphatic carbocycles. The van der Waals surface area contributed by atoms with Gasteiger partial charge in [-0.05, 0) is 31.2 Å². The highest BCUT2D eigenvalue weighted by atomic mass is 16.6. The highest BCUT2D eigenvalue weighted by molar-refractivity contribution is 5.26. The Balaban J connectivity index is 1.90. The first-order valence-electron chi connectivity index (χ1n) is 5.14. The summed E-state index contributed by atoms with van der Waals surface area (Å²) in [6.07, 6.45) is 2.38. The quantitative estimate of drug-likeness (QED) is 0.741. The molecule has 1 aromatic rings. The number of aryl methyl sites for hydroxylation is 1. The molecule has 0 radical (unpaired) electrons. The van der Waals surface area contributed by atoms with Crippen LogP contribution in [0.1, 0.15) is 29.9 Å². The average molecular weight is 191 g/mol. The van der Waals surface area contributed by atoms with Crippen LogP contribution in [0, 0.1) is 6.92 Å². The molecule has 0 aliphatic heterocycles. The summed E-state index contributed by atoms with van der Waals surface area (Å²) in [7, 11) is 1.68. The topological polar surface area (TPSA) is 21.3 Å². The van der Waals surface area contributed by atoms with E-state index >= 15 is 0 Å². The second-order valence-corrected chi connectivity index (χ2v) is 4.10. The summed E-state index contributed by atoms with van der Waals surface area (Å²) in [6, 6.07) is 9.40. The summed E-state index contributed by atoms with van der Waals surface area (Å²) in [5.41, 5.74) is 5.79. The highest BCUT2D eigenvalue weighted by Gasteiger charge is 2.29. The lowest BCUT2D eigenvalue weighted by Gasteiger charge is -2.35. The number of rotatable bonds is 3. The van der Waals surface area contributed by atoms with Gasteiger partial charge in [0.05, 0.1) is 7.11 Å². The molecule has 1 aliphatic rings. The Labute approximate surface area is 85.2 Å². The van der Waals surface area contributed by atoms with Gasteiger partial charge in [0.2, 0.25) is 0 Å². The summed E-state index contributed by atoms with van der Waals surface area (Å²) in [6.45, 7) is 2.12. The van der Waals surface area contributed by atoms with Crippen LogP contribution in [-0.2, 0) is 4.84 Å². The van der Waals surface area contributed by atoms with E-state index < -0.39 is 0 Å². The molecule has 0 unspecified atom stereocenters. The predicted octanol–water partition coefficient (Wildman–Crippen LogP) is 2.39. The summed E-state index contributed by atoms with van der Waals surface area (Å²) in [5, 5.41) is 0. The van der Waals surface area contributed by atoms with Crippen molar-refractivity contribution in [1.82, 2.24) is 5.48 Å². The maximum atomic E-state index is 4.90. The Bertz CT molecular complexity index is 288. The second kappa shape index (κ2) is 4.11. The van der Waals surface area contributed by atoms with Crippen molar-refractivity contribution in [1.29, 1.82) is 0 Å². The van der Waals surface area contributed by atoms with Crippen LogP contribution < -0.4 is 5.48 Å². The van der Waals surface area contributed by atoms with Crippen molar-refractivity contribution in [2.45, 2.75) is 31.7 Å². The van der Waals surface area contributed by atoms with Crippen LogP contribution in [0.3, 0.4) is 0 Å². The largest absolute Gasteiger partial charge is 0.305 e. The molecule has 0 atom stereocenters. The summed E-state index contributed by atoms with van der Waals surface area (Å²) >= 11 is 0. The maximum absolute atomic E-state index is 4.90. The van der Waals surface area contributed by atoms with Crippen LogP contribution >= 0.6 is 0 Å². The van der Waals surface area contributed by atoms with E-state index in [2.05, 4.69) is 36.7 Å². The molecule has 1 saturated carbocycles. The van der Waals surface area contributed by atoms with Crippen molar-refractivity contribution < 1.29 is 4.84 Å². The van der Waals surface area contributed by atoms with E-state index in [0.717, 1.165) is 5.92 Å². The smallest absolute Gasteiger partial charge is 0.0572 e. The molecule has 1 fully saturated rings. The molecule has 0 bridgehead atoms. The number of benzene rings is 1. The minimum atomic E-state index is 0.548. The zero-order valence-corrected chi connectivity index (χ0v) is 8.79. The fourth-order valence-electron chi connectivity index (χ4n) is 1.99. The van der Waals surface area contributed by atoms with E-state index in [4.69, 9.17) is 4.84 Å². The van der Waals surface area contributed by atoms with Gasteiger partial charge >= 0.3 is 0 Å². The Kier molecular flexibility index (Phi) is 2.85. The first-order valence-corrected chi connectivity index (χ1v) is 5.14. The van der Waals surface area contributed by atoms with Crippen molar-refractivity contribution in [3.63, 3.8) is 0 Å². The standard InChI is InChI=1S/C12H17NO/c1-9-3-5-10(6-4-9)11-7-12(8-11)13-14-2/h3-6,11-13H,7-8H2,1-2H3. The lowest BCUT2D eigenvalue weighted by Crippen LogP contribution is -2.39. The summed E-state index contributed by atoms with van der Waals surface area (Å²) in [4.78, 5) is 4.90. The monoisotopic (exact) mass is 191 g/mol. The second-order valence-electron chi connectivity index (χ2n) is 4.10. The van der Waals surface area contributed by atoms with Crippen LogP contribution in [0.5, 0.6) is 0 Å². The molecule has 2 heteroatoms. The predicted molar refractivity (Wildman–Crippen MR) is 57.1 cm³/mol. The van der Waals surface area contributed by atoms with Gasteiger partial charge in [-0.1, -0.05) is 29.8 Å². The van der Waals surface area contributed by atoms with E-state index in [9.17, 15) is 0 Å². The lowest BCUT2D eigenvalue weighted by molar-refractivity contribution is 0.0285. The van der Waals surface area contributed by atoms with Gasteiger partial charge in [-0.2, -0.15) is 5.48 Å². The molecule has 0 saturated heterocycles. The zero-order chi connectivity index (χ0) is 9.97. The van der Waals surface area contributed by atoms with Crippen LogP contribution in [0.2, 0.25) is 0 Å². The number of hydrogen-bond acceptors (Lipinski definition) is 2. The number of hydroxylamine groups is 1. The van der Waals surface area contributed by atoms with Crippen molar-refractivity contribution in [3.8, 4) is 0 Å². The molecule has 1 N–H and O–H groups in total. The third kappa shape index (κ3) is 1.97. The van der Waals surface area contributed by atoms with Crippen LogP contribution in [-0.4, -0.2) is 13.2 Å². The molecule has 0 amide bonds. The molecule has 0 heterocycles. The highest BCUT2D eigenvalue weighted by Crippen LogP contribution is 2.36. The van der Waals surface area contributed by atoms with Gasteiger partial charge in [0.25, 0.3) is 0 Å². The normalized spacial score (nSPS) is 25.9. The Morgan fingerprint density at radius 1 is 1.21 bits per heavy atom. The van der Waals surface area contributed by atoms with Crippen molar-refractivity contribution in [2.75, 3.05) is 7.11 Å². The Morgan fingerprint density at radius 3 is 2.43 bits per heavy atom. The van der Waals surface area contributed by atoms with Gasteiger partial charge in [0, 0.05) is 6.04 Å². The minimum absolute atomic E-state index is 0.548. The van der Waals surface area contributed by atoms with E-state index in [0.29, 0.717) is 6.04 Å². The third-order valence-electron chi connectivity index (χ3n) is 2.97.